The number of hydrogen-bond donors (Lipinski definition) is 2. The Bertz CT molecular complexity index is 1440. The molecule has 2 N–H and O–H groups in total. The Hall–Kier alpha value is -4.11. The number of hydrogen-bond acceptors (Lipinski definition) is 6. The molecule has 0 spiro atoms. The standard InChI is InChI=1S/C23H18N6O2S/c30-21(24-11-16-7-4-8-17(9-16)20-26-14-27-28-20)19-12-25-23-29(22(19)31)13-18(32-23)10-15-5-2-1-3-6-15/h1-9,12-14H,10-11H2,(H,24,30)(H,26,27,28). The fourth-order valence-electron chi connectivity index (χ4n) is 3.42. The Kier molecular flexibility index (Phi) is 5.30. The minimum Gasteiger partial charge on any atom is -0.348 e. The summed E-state index contributed by atoms with van der Waals surface area (Å²) in [4.78, 5) is 35.6. The number of carbonyl (C=O) groups excluding carboxylic acids is 1. The molecular weight excluding hydrogens is 424 g/mol. The summed E-state index contributed by atoms with van der Waals surface area (Å²) in [7, 11) is 0. The van der Waals surface area contributed by atoms with E-state index in [-0.39, 0.29) is 17.7 Å². The van der Waals surface area contributed by atoms with Gasteiger partial charge < -0.3 is 5.32 Å². The molecule has 0 saturated carbocycles. The highest BCUT2D eigenvalue weighted by atomic mass is 32.1. The number of nitrogens with zero attached hydrogens (tertiary/aromatic N) is 4. The number of benzene rings is 2. The minimum atomic E-state index is -0.460. The van der Waals surface area contributed by atoms with Crippen LogP contribution in [0.5, 0.6) is 0 Å². The lowest BCUT2D eigenvalue weighted by molar-refractivity contribution is 0.0949. The van der Waals surface area contributed by atoms with E-state index < -0.39 is 5.91 Å². The van der Waals surface area contributed by atoms with E-state index in [1.165, 1.54) is 28.3 Å². The molecule has 0 bridgehead atoms. The molecule has 5 rings (SSSR count). The molecule has 32 heavy (non-hydrogen) atoms. The number of aromatic amines is 1. The Morgan fingerprint density at radius 1 is 1.06 bits per heavy atom. The van der Waals surface area contributed by atoms with Gasteiger partial charge in [0.2, 0.25) is 0 Å². The van der Waals surface area contributed by atoms with Gasteiger partial charge in [0.25, 0.3) is 11.5 Å². The summed E-state index contributed by atoms with van der Waals surface area (Å²) in [6.45, 7) is 0.270. The number of nitrogens with one attached hydrogen (secondary N) is 2. The highest BCUT2D eigenvalue weighted by Crippen LogP contribution is 2.19. The third kappa shape index (κ3) is 4.06. The van der Waals surface area contributed by atoms with Gasteiger partial charge in [0, 0.05) is 35.8 Å². The molecule has 0 fully saturated rings. The van der Waals surface area contributed by atoms with E-state index in [2.05, 4.69) is 25.5 Å². The van der Waals surface area contributed by atoms with E-state index >= 15 is 0 Å². The quantitative estimate of drug-likeness (QED) is 0.421. The molecule has 0 radical (unpaired) electrons. The maximum Gasteiger partial charge on any atom is 0.271 e. The van der Waals surface area contributed by atoms with E-state index in [4.69, 9.17) is 0 Å². The number of carbonyl (C=O) groups is 1. The molecule has 3 heterocycles. The maximum atomic E-state index is 12.9. The van der Waals surface area contributed by atoms with Gasteiger partial charge in [0.05, 0.1) is 0 Å². The van der Waals surface area contributed by atoms with E-state index in [0.29, 0.717) is 17.2 Å². The fraction of sp³-hybridized carbons (Fsp3) is 0.0870. The van der Waals surface area contributed by atoms with E-state index in [1.54, 1.807) is 6.20 Å². The third-order valence-corrected chi connectivity index (χ3v) is 5.99. The summed E-state index contributed by atoms with van der Waals surface area (Å²) in [5.74, 6) is 0.188. The zero-order chi connectivity index (χ0) is 21.9. The van der Waals surface area contributed by atoms with Crippen molar-refractivity contribution < 1.29 is 4.79 Å². The first kappa shape index (κ1) is 19.8. The molecule has 0 unspecified atom stereocenters. The van der Waals surface area contributed by atoms with Crippen molar-refractivity contribution in [3.05, 3.63) is 105 Å². The fourth-order valence-corrected chi connectivity index (χ4v) is 4.39. The number of H-pyrrole nitrogens is 1. The normalized spacial score (nSPS) is 11.0. The topological polar surface area (TPSA) is 105 Å². The molecule has 3 aromatic heterocycles. The Balaban J connectivity index is 1.33. The van der Waals surface area contributed by atoms with Crippen LogP contribution in [0.25, 0.3) is 16.3 Å². The Morgan fingerprint density at radius 2 is 1.91 bits per heavy atom. The molecule has 5 aromatic rings. The molecule has 0 aliphatic carbocycles. The SMILES string of the molecule is O=C(NCc1cccc(-c2ncn[nH]2)c1)c1cnc2sc(Cc3ccccc3)cn2c1=O. The van der Waals surface area contributed by atoms with Crippen molar-refractivity contribution in [1.29, 1.82) is 0 Å². The van der Waals surface area contributed by atoms with Crippen molar-refractivity contribution in [2.75, 3.05) is 0 Å². The van der Waals surface area contributed by atoms with Gasteiger partial charge in [-0.2, -0.15) is 5.10 Å². The Morgan fingerprint density at radius 3 is 2.72 bits per heavy atom. The van der Waals surface area contributed by atoms with Crippen LogP contribution in [0, 0.1) is 0 Å². The molecule has 0 aliphatic rings. The maximum absolute atomic E-state index is 12.9. The van der Waals surface area contributed by atoms with Crippen LogP contribution in [0.2, 0.25) is 0 Å². The van der Waals surface area contributed by atoms with Crippen LogP contribution >= 0.6 is 11.3 Å². The van der Waals surface area contributed by atoms with E-state index in [9.17, 15) is 9.59 Å². The zero-order valence-corrected chi connectivity index (χ0v) is 17.7. The number of fused-ring (bicyclic) bond motifs is 1. The van der Waals surface area contributed by atoms with Crippen LogP contribution in [-0.4, -0.2) is 30.5 Å². The summed E-state index contributed by atoms with van der Waals surface area (Å²) in [5, 5.41) is 9.47. The summed E-state index contributed by atoms with van der Waals surface area (Å²) in [6.07, 6.45) is 5.26. The zero-order valence-electron chi connectivity index (χ0n) is 16.9. The molecule has 8 nitrogen and oxygen atoms in total. The van der Waals surface area contributed by atoms with Crippen LogP contribution in [0.3, 0.4) is 0 Å². The average molecular weight is 443 g/mol. The van der Waals surface area contributed by atoms with Gasteiger partial charge in [-0.25, -0.2) is 9.97 Å². The molecule has 2 aromatic carbocycles. The minimum absolute atomic E-state index is 0.0120. The Labute approximate surface area is 186 Å². The van der Waals surface area contributed by atoms with Gasteiger partial charge in [-0.3, -0.25) is 19.1 Å². The third-order valence-electron chi connectivity index (χ3n) is 4.99. The highest BCUT2D eigenvalue weighted by Gasteiger charge is 2.15. The van der Waals surface area contributed by atoms with Crippen LogP contribution in [0.1, 0.15) is 26.4 Å². The average Bonchev–Trinajstić information content (AvgIpc) is 3.49. The molecular formula is C23H18N6O2S. The van der Waals surface area contributed by atoms with Gasteiger partial charge in [-0.15, -0.1) is 11.3 Å². The van der Waals surface area contributed by atoms with Crippen molar-refractivity contribution >= 4 is 22.2 Å². The second kappa shape index (κ2) is 8.56. The van der Waals surface area contributed by atoms with Gasteiger partial charge in [0.1, 0.15) is 11.9 Å². The van der Waals surface area contributed by atoms with Gasteiger partial charge in [-0.1, -0.05) is 48.5 Å². The van der Waals surface area contributed by atoms with Crippen molar-refractivity contribution in [3.8, 4) is 11.4 Å². The number of thiazole rings is 1. The van der Waals surface area contributed by atoms with Crippen molar-refractivity contribution in [2.45, 2.75) is 13.0 Å². The van der Waals surface area contributed by atoms with Crippen LogP contribution in [0.4, 0.5) is 0 Å². The summed E-state index contributed by atoms with van der Waals surface area (Å²) < 4.78 is 1.45. The first-order valence-corrected chi connectivity index (χ1v) is 10.8. The predicted molar refractivity (Wildman–Crippen MR) is 122 cm³/mol. The second-order valence-electron chi connectivity index (χ2n) is 7.21. The number of rotatable bonds is 6. The van der Waals surface area contributed by atoms with E-state index in [0.717, 1.165) is 21.6 Å². The second-order valence-corrected chi connectivity index (χ2v) is 8.30. The first-order chi connectivity index (χ1) is 15.7. The van der Waals surface area contributed by atoms with Gasteiger partial charge in [0.15, 0.2) is 10.8 Å². The summed E-state index contributed by atoms with van der Waals surface area (Å²) >= 11 is 1.44. The van der Waals surface area contributed by atoms with Crippen LogP contribution < -0.4 is 10.9 Å². The number of amides is 1. The smallest absolute Gasteiger partial charge is 0.271 e. The summed E-state index contributed by atoms with van der Waals surface area (Å²) in [5.41, 5.74) is 2.53. The molecule has 9 heteroatoms. The predicted octanol–water partition coefficient (Wildman–Crippen LogP) is 3.06. The molecule has 0 aliphatic heterocycles. The highest BCUT2D eigenvalue weighted by molar-refractivity contribution is 7.17. The lowest BCUT2D eigenvalue weighted by Crippen LogP contribution is -2.30. The largest absolute Gasteiger partial charge is 0.348 e. The van der Waals surface area contributed by atoms with Crippen LogP contribution in [0.15, 0.2) is 78.1 Å². The van der Waals surface area contributed by atoms with Gasteiger partial charge in [-0.05, 0) is 17.2 Å². The number of aromatic nitrogens is 5. The lowest BCUT2D eigenvalue weighted by Gasteiger charge is -2.06. The van der Waals surface area contributed by atoms with Crippen molar-refractivity contribution in [1.82, 2.24) is 29.9 Å². The van der Waals surface area contributed by atoms with Crippen molar-refractivity contribution in [2.24, 2.45) is 0 Å². The molecule has 1 amide bonds. The molecule has 0 atom stereocenters. The monoisotopic (exact) mass is 442 g/mol. The van der Waals surface area contributed by atoms with E-state index in [1.807, 2.05) is 54.6 Å². The summed E-state index contributed by atoms with van der Waals surface area (Å²) in [6, 6.07) is 17.6. The van der Waals surface area contributed by atoms with Crippen molar-refractivity contribution in [3.63, 3.8) is 0 Å². The lowest BCUT2D eigenvalue weighted by atomic mass is 10.1. The molecule has 158 valence electrons. The van der Waals surface area contributed by atoms with Crippen LogP contribution in [-0.2, 0) is 13.0 Å². The molecule has 0 saturated heterocycles. The van der Waals surface area contributed by atoms with Gasteiger partial charge >= 0.3 is 0 Å². The first-order valence-electron chi connectivity index (χ1n) is 9.94.